The molecule has 1 heterocycles. The molecule has 17 heavy (non-hydrogen) atoms. The molecule has 1 aliphatic heterocycles. The average Bonchev–Trinajstić information content (AvgIpc) is 2.34. The van der Waals surface area contributed by atoms with Crippen LogP contribution in [0.1, 0.15) is 64.7 Å². The fourth-order valence-electron chi connectivity index (χ4n) is 2.39. The van der Waals surface area contributed by atoms with Crippen LogP contribution in [-0.2, 0) is 9.53 Å². The minimum absolute atomic E-state index is 0.0295. The summed E-state index contributed by atoms with van der Waals surface area (Å²) < 4.78 is 5.18. The summed E-state index contributed by atoms with van der Waals surface area (Å²) in [5, 5.41) is 3.50. The monoisotopic (exact) mass is 241 g/mol. The standard InChI is InChI=1S/C14H27NO2/c1-2-8-13-9-6-4-3-5-7-10-14(16)17-12-11-15-13/h13,15H,2-12H2,1H3/t13-/m0/s1. The zero-order valence-electron chi connectivity index (χ0n) is 11.2. The van der Waals surface area contributed by atoms with Crippen LogP contribution in [0.5, 0.6) is 0 Å². The Balaban J connectivity index is 2.30. The highest BCUT2D eigenvalue weighted by atomic mass is 16.5. The second-order valence-electron chi connectivity index (χ2n) is 4.97. The Kier molecular flexibility index (Phi) is 8.06. The van der Waals surface area contributed by atoms with Gasteiger partial charge >= 0.3 is 5.97 Å². The van der Waals surface area contributed by atoms with Gasteiger partial charge in [0.1, 0.15) is 6.61 Å². The summed E-state index contributed by atoms with van der Waals surface area (Å²) in [6, 6.07) is 0.611. The summed E-state index contributed by atoms with van der Waals surface area (Å²) >= 11 is 0. The van der Waals surface area contributed by atoms with Gasteiger partial charge in [0.05, 0.1) is 0 Å². The van der Waals surface area contributed by atoms with Gasteiger partial charge in [-0.05, 0) is 19.3 Å². The third kappa shape index (κ3) is 7.37. The number of carbonyl (C=O) groups excluding carboxylic acids is 1. The van der Waals surface area contributed by atoms with Crippen molar-refractivity contribution in [1.29, 1.82) is 0 Å². The molecule has 3 nitrogen and oxygen atoms in total. The number of nitrogens with one attached hydrogen (secondary N) is 1. The number of rotatable bonds is 2. The van der Waals surface area contributed by atoms with Crippen LogP contribution in [0.25, 0.3) is 0 Å². The van der Waals surface area contributed by atoms with Crippen molar-refractivity contribution in [2.75, 3.05) is 13.2 Å². The first-order valence-corrected chi connectivity index (χ1v) is 7.22. The first-order valence-electron chi connectivity index (χ1n) is 7.22. The molecule has 0 aliphatic carbocycles. The molecule has 0 aromatic rings. The van der Waals surface area contributed by atoms with Crippen molar-refractivity contribution in [1.82, 2.24) is 5.32 Å². The minimum Gasteiger partial charge on any atom is -0.464 e. The third-order valence-corrected chi connectivity index (χ3v) is 3.37. The van der Waals surface area contributed by atoms with E-state index in [2.05, 4.69) is 12.2 Å². The fraction of sp³-hybridized carbons (Fsp3) is 0.929. The molecular weight excluding hydrogens is 214 g/mol. The van der Waals surface area contributed by atoms with Crippen molar-refractivity contribution in [3.05, 3.63) is 0 Å². The molecule has 0 spiro atoms. The maximum Gasteiger partial charge on any atom is 0.305 e. The highest BCUT2D eigenvalue weighted by Gasteiger charge is 2.08. The number of carbonyl (C=O) groups is 1. The second-order valence-corrected chi connectivity index (χ2v) is 4.97. The summed E-state index contributed by atoms with van der Waals surface area (Å²) in [7, 11) is 0. The van der Waals surface area contributed by atoms with Gasteiger partial charge in [-0.1, -0.05) is 39.0 Å². The van der Waals surface area contributed by atoms with E-state index in [1.165, 1.54) is 44.9 Å². The first-order chi connectivity index (χ1) is 8.33. The molecule has 1 rings (SSSR count). The maximum absolute atomic E-state index is 11.3. The number of esters is 1. The topological polar surface area (TPSA) is 38.3 Å². The van der Waals surface area contributed by atoms with E-state index in [9.17, 15) is 4.79 Å². The highest BCUT2D eigenvalue weighted by Crippen LogP contribution is 2.12. The Morgan fingerprint density at radius 3 is 2.82 bits per heavy atom. The largest absolute Gasteiger partial charge is 0.464 e. The molecule has 0 saturated carbocycles. The van der Waals surface area contributed by atoms with Gasteiger partial charge in [0.25, 0.3) is 0 Å². The molecule has 1 aliphatic rings. The smallest absolute Gasteiger partial charge is 0.305 e. The van der Waals surface area contributed by atoms with Crippen LogP contribution in [0, 0.1) is 0 Å². The summed E-state index contributed by atoms with van der Waals surface area (Å²) in [6.07, 6.45) is 10.3. The summed E-state index contributed by atoms with van der Waals surface area (Å²) in [5.74, 6) is -0.0295. The molecule has 1 saturated heterocycles. The van der Waals surface area contributed by atoms with Gasteiger partial charge in [-0.2, -0.15) is 0 Å². The van der Waals surface area contributed by atoms with Crippen LogP contribution in [-0.4, -0.2) is 25.2 Å². The molecule has 3 heteroatoms. The van der Waals surface area contributed by atoms with Crippen LogP contribution in [0.3, 0.4) is 0 Å². The Bertz CT molecular complexity index is 206. The van der Waals surface area contributed by atoms with Gasteiger partial charge in [-0.25, -0.2) is 0 Å². The Labute approximate surface area is 105 Å². The molecule has 0 aromatic carbocycles. The Hall–Kier alpha value is -0.570. The van der Waals surface area contributed by atoms with E-state index in [4.69, 9.17) is 4.74 Å². The van der Waals surface area contributed by atoms with Crippen LogP contribution >= 0.6 is 0 Å². The van der Waals surface area contributed by atoms with Gasteiger partial charge in [0.2, 0.25) is 0 Å². The van der Waals surface area contributed by atoms with Gasteiger partial charge in [-0.15, -0.1) is 0 Å². The maximum atomic E-state index is 11.3. The van der Waals surface area contributed by atoms with E-state index >= 15 is 0 Å². The lowest BCUT2D eigenvalue weighted by atomic mass is 10.0. The Morgan fingerprint density at radius 2 is 2.00 bits per heavy atom. The van der Waals surface area contributed by atoms with E-state index in [0.717, 1.165) is 13.0 Å². The fourth-order valence-corrected chi connectivity index (χ4v) is 2.39. The van der Waals surface area contributed by atoms with Crippen LogP contribution in [0.4, 0.5) is 0 Å². The summed E-state index contributed by atoms with van der Waals surface area (Å²) in [5.41, 5.74) is 0. The molecule has 100 valence electrons. The van der Waals surface area contributed by atoms with Crippen LogP contribution in [0.15, 0.2) is 0 Å². The zero-order chi connectivity index (χ0) is 12.3. The minimum atomic E-state index is -0.0295. The summed E-state index contributed by atoms with van der Waals surface area (Å²) in [4.78, 5) is 11.3. The molecular formula is C14H27NO2. The average molecular weight is 241 g/mol. The lowest BCUT2D eigenvalue weighted by molar-refractivity contribution is -0.143. The number of hydrogen-bond acceptors (Lipinski definition) is 3. The molecule has 1 N–H and O–H groups in total. The summed E-state index contributed by atoms with van der Waals surface area (Å²) in [6.45, 7) is 3.55. The van der Waals surface area contributed by atoms with E-state index < -0.39 is 0 Å². The molecule has 1 atom stereocenters. The lowest BCUT2D eigenvalue weighted by Gasteiger charge is -2.17. The molecule has 1 fully saturated rings. The van der Waals surface area contributed by atoms with Crippen LogP contribution < -0.4 is 5.32 Å². The molecule has 0 radical (unpaired) electrons. The molecule has 0 amide bonds. The van der Waals surface area contributed by atoms with Gasteiger partial charge in [-0.3, -0.25) is 4.79 Å². The van der Waals surface area contributed by atoms with Crippen molar-refractivity contribution in [2.24, 2.45) is 0 Å². The highest BCUT2D eigenvalue weighted by molar-refractivity contribution is 5.69. The zero-order valence-corrected chi connectivity index (χ0v) is 11.2. The molecule has 0 aromatic heterocycles. The van der Waals surface area contributed by atoms with Crippen molar-refractivity contribution in [3.8, 4) is 0 Å². The lowest BCUT2D eigenvalue weighted by Crippen LogP contribution is -2.32. The van der Waals surface area contributed by atoms with Gasteiger partial charge in [0.15, 0.2) is 0 Å². The van der Waals surface area contributed by atoms with Gasteiger partial charge < -0.3 is 10.1 Å². The van der Waals surface area contributed by atoms with E-state index in [1.807, 2.05) is 0 Å². The van der Waals surface area contributed by atoms with Crippen molar-refractivity contribution >= 4 is 5.97 Å². The number of cyclic esters (lactones) is 1. The SMILES string of the molecule is CCC[C@H]1CCCCCCCC(=O)OCCN1. The number of hydrogen-bond donors (Lipinski definition) is 1. The van der Waals surface area contributed by atoms with E-state index in [1.54, 1.807) is 0 Å². The third-order valence-electron chi connectivity index (χ3n) is 3.37. The number of ether oxygens (including phenoxy) is 1. The molecule has 0 bridgehead atoms. The van der Waals surface area contributed by atoms with Crippen molar-refractivity contribution < 1.29 is 9.53 Å². The Morgan fingerprint density at radius 1 is 1.24 bits per heavy atom. The first kappa shape index (κ1) is 14.5. The molecule has 0 unspecified atom stereocenters. The van der Waals surface area contributed by atoms with Crippen LogP contribution in [0.2, 0.25) is 0 Å². The van der Waals surface area contributed by atoms with Crippen molar-refractivity contribution in [3.63, 3.8) is 0 Å². The van der Waals surface area contributed by atoms with E-state index in [0.29, 0.717) is 19.1 Å². The normalized spacial score (nSPS) is 25.2. The predicted molar refractivity (Wildman–Crippen MR) is 70.0 cm³/mol. The predicted octanol–water partition coefficient (Wildman–Crippen LogP) is 3.03. The van der Waals surface area contributed by atoms with Gasteiger partial charge in [0, 0.05) is 19.0 Å². The van der Waals surface area contributed by atoms with Crippen molar-refractivity contribution in [2.45, 2.75) is 70.8 Å². The van der Waals surface area contributed by atoms with E-state index in [-0.39, 0.29) is 5.97 Å². The quantitative estimate of drug-likeness (QED) is 0.755. The second kappa shape index (κ2) is 9.46.